The minimum Gasteiger partial charge on any atom is -0.497 e. The molecule has 3 atom stereocenters. The van der Waals surface area contributed by atoms with Gasteiger partial charge in [0.25, 0.3) is 0 Å². The zero-order chi connectivity index (χ0) is 23.9. The van der Waals surface area contributed by atoms with E-state index in [1.165, 1.54) is 18.9 Å². The van der Waals surface area contributed by atoms with Gasteiger partial charge in [-0.05, 0) is 43.5 Å². The van der Waals surface area contributed by atoms with Crippen LogP contribution >= 0.6 is 0 Å². The summed E-state index contributed by atoms with van der Waals surface area (Å²) >= 11 is 0. The predicted molar refractivity (Wildman–Crippen MR) is 123 cm³/mol. The molecule has 1 aromatic rings. The van der Waals surface area contributed by atoms with Gasteiger partial charge in [0.2, 0.25) is 0 Å². The van der Waals surface area contributed by atoms with Crippen LogP contribution in [0.1, 0.15) is 78.7 Å². The van der Waals surface area contributed by atoms with Crippen molar-refractivity contribution >= 4 is 0 Å². The lowest BCUT2D eigenvalue weighted by atomic mass is 9.90. The van der Waals surface area contributed by atoms with Crippen LogP contribution in [0.2, 0.25) is 0 Å². The Kier molecular flexibility index (Phi) is 15.7. The van der Waals surface area contributed by atoms with E-state index in [4.69, 9.17) is 9.47 Å². The minimum absolute atomic E-state index is 0.244. The van der Waals surface area contributed by atoms with Crippen molar-refractivity contribution < 1.29 is 22.6 Å². The van der Waals surface area contributed by atoms with Gasteiger partial charge in [0.1, 0.15) is 12.0 Å². The number of alkyl halides is 3. The van der Waals surface area contributed by atoms with Crippen LogP contribution in [0.5, 0.6) is 5.75 Å². The summed E-state index contributed by atoms with van der Waals surface area (Å²) in [4.78, 5) is 2.26. The summed E-state index contributed by atoms with van der Waals surface area (Å²) < 4.78 is 47.7. The van der Waals surface area contributed by atoms with Crippen LogP contribution in [0.3, 0.4) is 0 Å². The van der Waals surface area contributed by atoms with E-state index >= 15 is 0 Å². The molecule has 0 radical (unpaired) electrons. The van der Waals surface area contributed by atoms with E-state index in [0.29, 0.717) is 13.0 Å². The Hall–Kier alpha value is -1.27. The summed E-state index contributed by atoms with van der Waals surface area (Å²) in [6.07, 6.45) is 2.34. The molecule has 2 unspecified atom stereocenters. The first-order valence-electron chi connectivity index (χ1n) is 11.7. The highest BCUT2D eigenvalue weighted by molar-refractivity contribution is 5.27. The third-order valence-electron chi connectivity index (χ3n) is 5.66. The maximum absolute atomic E-state index is 12.2. The molecule has 2 rings (SSSR count). The van der Waals surface area contributed by atoms with Crippen LogP contribution in [0.15, 0.2) is 24.3 Å². The lowest BCUT2D eigenvalue weighted by Gasteiger charge is -2.22. The van der Waals surface area contributed by atoms with E-state index < -0.39 is 12.1 Å². The molecule has 0 amide bonds. The second-order valence-electron chi connectivity index (χ2n) is 8.04. The summed E-state index contributed by atoms with van der Waals surface area (Å²) in [5.74, 6) is -0.517. The van der Waals surface area contributed by atoms with E-state index in [-0.39, 0.29) is 12.1 Å². The zero-order valence-electron chi connectivity index (χ0n) is 20.6. The maximum atomic E-state index is 12.2. The number of likely N-dealkylation sites (tertiary alicyclic amines) is 1. The Morgan fingerprint density at radius 3 is 2.35 bits per heavy atom. The van der Waals surface area contributed by atoms with Crippen LogP contribution in [0.25, 0.3) is 0 Å². The maximum Gasteiger partial charge on any atom is 0.391 e. The topological polar surface area (TPSA) is 21.7 Å². The highest BCUT2D eigenvalue weighted by Crippen LogP contribution is 2.33. The van der Waals surface area contributed by atoms with Crippen LogP contribution in [-0.4, -0.2) is 38.0 Å². The summed E-state index contributed by atoms with van der Waals surface area (Å²) in [5, 5.41) is 0. The van der Waals surface area contributed by atoms with Gasteiger partial charge >= 0.3 is 6.18 Å². The van der Waals surface area contributed by atoms with Gasteiger partial charge in [-0.2, -0.15) is 13.2 Å². The molecular weight excluding hydrogens is 403 g/mol. The van der Waals surface area contributed by atoms with Gasteiger partial charge in [0.05, 0.1) is 19.6 Å². The fraction of sp³-hybridized carbons (Fsp3) is 0.760. The third-order valence-corrected chi connectivity index (χ3v) is 5.66. The summed E-state index contributed by atoms with van der Waals surface area (Å²) in [7, 11) is 3.80. The number of unbranched alkanes of at least 4 members (excludes halogenated alkanes) is 2. The van der Waals surface area contributed by atoms with Gasteiger partial charge in [-0.1, -0.05) is 72.4 Å². The van der Waals surface area contributed by atoms with Crippen molar-refractivity contribution in [1.82, 2.24) is 4.90 Å². The second kappa shape index (κ2) is 16.4. The molecule has 3 nitrogen and oxygen atoms in total. The molecule has 1 aliphatic rings. The fourth-order valence-electron chi connectivity index (χ4n) is 3.33. The van der Waals surface area contributed by atoms with E-state index in [0.717, 1.165) is 38.0 Å². The molecule has 0 spiro atoms. The van der Waals surface area contributed by atoms with Crippen molar-refractivity contribution in [2.75, 3.05) is 20.7 Å². The molecule has 31 heavy (non-hydrogen) atoms. The number of hydrogen-bond acceptors (Lipinski definition) is 3. The molecular formula is C25H44F3NO2. The van der Waals surface area contributed by atoms with Crippen molar-refractivity contribution in [3.05, 3.63) is 29.8 Å². The summed E-state index contributed by atoms with van der Waals surface area (Å²) in [5.41, 5.74) is 1.17. The predicted octanol–water partition coefficient (Wildman–Crippen LogP) is 7.69. The van der Waals surface area contributed by atoms with Gasteiger partial charge in [-0.3, -0.25) is 4.90 Å². The van der Waals surface area contributed by atoms with E-state index in [9.17, 15) is 13.2 Å². The highest BCUT2D eigenvalue weighted by Gasteiger charge is 2.38. The molecule has 0 N–H and O–H groups in total. The van der Waals surface area contributed by atoms with Crippen LogP contribution in [0.4, 0.5) is 13.2 Å². The minimum atomic E-state index is -4.02. The second-order valence-corrected chi connectivity index (χ2v) is 8.04. The Bertz CT molecular complexity index is 566. The highest BCUT2D eigenvalue weighted by atomic mass is 19.4. The van der Waals surface area contributed by atoms with Crippen LogP contribution < -0.4 is 4.74 Å². The zero-order valence-corrected chi connectivity index (χ0v) is 20.6. The van der Waals surface area contributed by atoms with Crippen LogP contribution in [0, 0.1) is 11.8 Å². The molecule has 1 heterocycles. The van der Waals surface area contributed by atoms with Gasteiger partial charge in [0, 0.05) is 6.54 Å². The number of hydrogen-bond donors (Lipinski definition) is 0. The smallest absolute Gasteiger partial charge is 0.391 e. The summed E-state index contributed by atoms with van der Waals surface area (Å²) in [6.45, 7) is 10.8. The van der Waals surface area contributed by atoms with Crippen molar-refractivity contribution in [2.24, 2.45) is 11.8 Å². The average molecular weight is 448 g/mol. The first-order chi connectivity index (χ1) is 14.7. The Morgan fingerprint density at radius 2 is 1.84 bits per heavy atom. The molecule has 1 fully saturated rings. The molecule has 1 aromatic carbocycles. The molecule has 0 aliphatic carbocycles. The van der Waals surface area contributed by atoms with Crippen molar-refractivity contribution in [3.63, 3.8) is 0 Å². The van der Waals surface area contributed by atoms with Crippen molar-refractivity contribution in [2.45, 2.75) is 92.2 Å². The number of methoxy groups -OCH3 is 1. The standard InChI is InChI=1S/C13H19NO2.C10H19F3.C2H6/c1-14-8-4-7-13(14)16-10-11-5-3-6-12(9-11)15-2;1-4-5-6-7-8(2)9(3)10(11,12)13;1-2/h3,5-6,9,13H,4,7-8,10H2,1-2H3;8-9H,4-7H2,1-3H3;1-2H3/t13-;;/m0../s1. The lowest BCUT2D eigenvalue weighted by Crippen LogP contribution is -2.27. The first-order valence-corrected chi connectivity index (χ1v) is 11.7. The number of nitrogens with zero attached hydrogens (tertiary/aromatic N) is 1. The first kappa shape index (κ1) is 29.7. The van der Waals surface area contributed by atoms with E-state index in [1.54, 1.807) is 14.0 Å². The third kappa shape index (κ3) is 12.4. The monoisotopic (exact) mass is 447 g/mol. The van der Waals surface area contributed by atoms with Gasteiger partial charge in [0.15, 0.2) is 0 Å². The Morgan fingerprint density at radius 1 is 1.16 bits per heavy atom. The normalized spacial score (nSPS) is 18.3. The lowest BCUT2D eigenvalue weighted by molar-refractivity contribution is -0.182. The summed E-state index contributed by atoms with van der Waals surface area (Å²) in [6, 6.07) is 8.04. The molecule has 0 bridgehead atoms. The number of benzene rings is 1. The Balaban J connectivity index is 0.000000550. The molecule has 0 aromatic heterocycles. The largest absolute Gasteiger partial charge is 0.497 e. The van der Waals surface area contributed by atoms with Gasteiger partial charge < -0.3 is 9.47 Å². The number of rotatable bonds is 9. The average Bonchev–Trinajstić information content (AvgIpc) is 3.18. The van der Waals surface area contributed by atoms with Crippen molar-refractivity contribution in [1.29, 1.82) is 0 Å². The Labute approximate surface area is 188 Å². The van der Waals surface area contributed by atoms with Gasteiger partial charge in [-0.15, -0.1) is 0 Å². The molecule has 1 saturated heterocycles. The molecule has 6 heteroatoms. The number of ether oxygens (including phenoxy) is 2. The van der Waals surface area contributed by atoms with E-state index in [1.807, 2.05) is 32.0 Å². The van der Waals surface area contributed by atoms with E-state index in [2.05, 4.69) is 24.9 Å². The van der Waals surface area contributed by atoms with Crippen molar-refractivity contribution in [3.8, 4) is 5.75 Å². The SMILES string of the molecule is CC.CCCCCC(C)C(C)C(F)(F)F.COc1cccc(CO[C@H]2CCCN2C)c1. The molecule has 0 saturated carbocycles. The fourth-order valence-corrected chi connectivity index (χ4v) is 3.33. The molecule has 1 aliphatic heterocycles. The quantitative estimate of drug-likeness (QED) is 0.362. The number of halogens is 3. The van der Waals surface area contributed by atoms with Crippen LogP contribution in [-0.2, 0) is 11.3 Å². The molecule has 182 valence electrons. The van der Waals surface area contributed by atoms with Gasteiger partial charge in [-0.25, -0.2) is 0 Å².